The summed E-state index contributed by atoms with van der Waals surface area (Å²) in [5.74, 6) is -4.55. The summed E-state index contributed by atoms with van der Waals surface area (Å²) >= 11 is 0. The lowest BCUT2D eigenvalue weighted by Gasteiger charge is -2.36. The van der Waals surface area contributed by atoms with Crippen LogP contribution >= 0.6 is 0 Å². The highest BCUT2D eigenvalue weighted by Gasteiger charge is 2.67. The highest BCUT2D eigenvalue weighted by atomic mass is 32.2. The third-order valence-corrected chi connectivity index (χ3v) is 11.7. The molecule has 2 saturated carbocycles. The summed E-state index contributed by atoms with van der Waals surface area (Å²) in [7, 11) is -4.12. The topological polar surface area (TPSA) is 173 Å². The number of carbonyl (C=O) groups is 4. The lowest BCUT2D eigenvalue weighted by atomic mass is 9.85. The summed E-state index contributed by atoms with van der Waals surface area (Å²) in [5.41, 5.74) is 0.112. The number of sulfonamides is 1. The number of amides is 4. The summed E-state index contributed by atoms with van der Waals surface area (Å²) in [4.78, 5) is 62.0. The minimum absolute atomic E-state index is 0.154. The van der Waals surface area contributed by atoms with Crippen molar-refractivity contribution in [2.45, 2.75) is 108 Å². The highest BCUT2D eigenvalue weighted by molar-refractivity contribution is 7.91. The molecule has 0 unspecified atom stereocenters. The van der Waals surface area contributed by atoms with Crippen LogP contribution in [0.3, 0.4) is 0 Å². The minimum atomic E-state index is -4.12. The highest BCUT2D eigenvalue weighted by Crippen LogP contribution is 2.48. The monoisotopic (exact) mass is 757 g/mol. The molecule has 0 radical (unpaired) electrons. The third kappa shape index (κ3) is 7.87. The van der Waals surface area contributed by atoms with Gasteiger partial charge in [-0.05, 0) is 56.6 Å². The number of hydrogen-bond donors (Lipinski definition) is 3. The number of halogens is 2. The Morgan fingerprint density at radius 3 is 1.98 bits per heavy atom. The van der Waals surface area contributed by atoms with Gasteiger partial charge in [0, 0.05) is 17.5 Å². The van der Waals surface area contributed by atoms with E-state index in [2.05, 4.69) is 15.8 Å². The average molecular weight is 758 g/mol. The van der Waals surface area contributed by atoms with Crippen molar-refractivity contribution in [3.8, 4) is 11.1 Å². The van der Waals surface area contributed by atoms with Gasteiger partial charge in [-0.25, -0.2) is 22.0 Å². The number of ether oxygens (including phenoxy) is 1. The number of oxime groups is 1. The Bertz CT molecular complexity index is 1910. The Labute approximate surface area is 307 Å². The van der Waals surface area contributed by atoms with E-state index in [4.69, 9.17) is 9.57 Å². The molecular weight excluding hydrogens is 712 g/mol. The van der Waals surface area contributed by atoms with Crippen LogP contribution < -0.4 is 15.4 Å². The molecule has 1 aliphatic heterocycles. The molecule has 0 aromatic heterocycles. The summed E-state index contributed by atoms with van der Waals surface area (Å²) < 4.78 is 60.7. The van der Waals surface area contributed by atoms with Crippen molar-refractivity contribution in [2.75, 3.05) is 6.54 Å². The molecule has 1 saturated heterocycles. The first kappa shape index (κ1) is 38.1. The zero-order valence-corrected chi connectivity index (χ0v) is 31.3. The Morgan fingerprint density at radius 2 is 1.49 bits per heavy atom. The van der Waals surface area contributed by atoms with Crippen LogP contribution in [0.25, 0.3) is 11.1 Å². The number of fused-ring (bicyclic) bond motifs is 3. The van der Waals surface area contributed by atoms with Crippen LogP contribution in [0.15, 0.2) is 53.7 Å². The molecule has 5 atom stereocenters. The molecule has 1 heterocycles. The van der Waals surface area contributed by atoms with Gasteiger partial charge in [0.25, 0.3) is 5.91 Å². The second-order valence-electron chi connectivity index (χ2n) is 16.2. The number of alkyl carbamates (subject to hydrolysis) is 1. The fraction of sp³-hybridized carbons (Fsp3) is 0.541. The number of carbonyl (C=O) groups excluding carboxylic acids is 4. The molecular formula is C37H45F2N5O8S. The largest absolute Gasteiger partial charge is 0.444 e. The Hall–Kier alpha value is -4.60. The molecule has 16 heteroatoms. The molecule has 53 heavy (non-hydrogen) atoms. The maximum Gasteiger partial charge on any atom is 0.408 e. The van der Waals surface area contributed by atoms with Crippen molar-refractivity contribution < 1.29 is 46.0 Å². The van der Waals surface area contributed by atoms with Crippen molar-refractivity contribution in [3.05, 3.63) is 59.7 Å². The number of likely N-dealkylation sites (tertiary alicyclic amines) is 1. The summed E-state index contributed by atoms with van der Waals surface area (Å²) in [6.07, 6.45) is -4.79. The Morgan fingerprint density at radius 1 is 0.925 bits per heavy atom. The van der Waals surface area contributed by atoms with Crippen LogP contribution in [0.5, 0.6) is 0 Å². The van der Waals surface area contributed by atoms with Gasteiger partial charge in [0.15, 0.2) is 0 Å². The van der Waals surface area contributed by atoms with Gasteiger partial charge in [-0.1, -0.05) is 74.5 Å². The lowest BCUT2D eigenvalue weighted by molar-refractivity contribution is -0.143. The molecule has 4 aliphatic rings. The molecule has 0 bridgehead atoms. The third-order valence-electron chi connectivity index (χ3n) is 9.84. The van der Waals surface area contributed by atoms with Gasteiger partial charge in [-0.3, -0.25) is 19.1 Å². The molecule has 0 spiro atoms. The maximum atomic E-state index is 14.4. The minimum Gasteiger partial charge on any atom is -0.444 e. The van der Waals surface area contributed by atoms with E-state index in [1.165, 1.54) is 4.90 Å². The van der Waals surface area contributed by atoms with Crippen molar-refractivity contribution in [1.82, 2.24) is 20.3 Å². The van der Waals surface area contributed by atoms with E-state index in [1.807, 2.05) is 53.3 Å². The fourth-order valence-corrected chi connectivity index (χ4v) is 8.23. The molecule has 2 aromatic carbocycles. The molecule has 4 amide bonds. The Kier molecular flexibility index (Phi) is 9.84. The predicted octanol–water partition coefficient (Wildman–Crippen LogP) is 4.09. The van der Waals surface area contributed by atoms with Crippen LogP contribution in [0.4, 0.5) is 13.6 Å². The summed E-state index contributed by atoms with van der Waals surface area (Å²) in [5, 5.41) is 8.72. The first-order valence-corrected chi connectivity index (χ1v) is 19.2. The number of benzene rings is 2. The molecule has 6 rings (SSSR count). The lowest BCUT2D eigenvalue weighted by Crippen LogP contribution is -2.60. The van der Waals surface area contributed by atoms with Gasteiger partial charge >= 0.3 is 6.09 Å². The number of nitrogens with one attached hydrogen (secondary N) is 3. The zero-order chi connectivity index (χ0) is 38.7. The Balaban J connectivity index is 1.30. The normalized spacial score (nSPS) is 24.1. The first-order valence-electron chi connectivity index (χ1n) is 17.6. The first-order chi connectivity index (χ1) is 24.7. The van der Waals surface area contributed by atoms with E-state index in [1.54, 1.807) is 41.5 Å². The van der Waals surface area contributed by atoms with E-state index >= 15 is 0 Å². The second-order valence-corrected chi connectivity index (χ2v) is 18.2. The van der Waals surface area contributed by atoms with Crippen LogP contribution in [0.2, 0.25) is 0 Å². The fourth-order valence-electron chi connectivity index (χ4n) is 6.86. The van der Waals surface area contributed by atoms with E-state index < -0.39 is 92.6 Å². The standard InChI is InChI=1S/C37H45F2N5O8S/c1-35(2,3)29(40-34(48)51-36(4,5)6)32(46)44-19-20(52-42-28-24-13-9-7-11-22(24)23-12-8-10-14-25(23)28)17-27(44)31(45)41-37(18-26(37)30(38)39)33(47)43-53(49,50)21-15-16-21/h7-14,20-21,26-27,29-30H,15-19H2,1-6H3,(H,40,48)(H,41,45)(H,43,47)/t20-,26+,27+,29-,37+/m1/s1. The molecule has 3 N–H and O–H groups in total. The molecule has 286 valence electrons. The zero-order valence-electron chi connectivity index (χ0n) is 30.4. The quantitative estimate of drug-likeness (QED) is 0.260. The van der Waals surface area contributed by atoms with E-state index in [9.17, 15) is 36.4 Å². The summed E-state index contributed by atoms with van der Waals surface area (Å²) in [6.45, 7) is 9.94. The predicted molar refractivity (Wildman–Crippen MR) is 190 cm³/mol. The van der Waals surface area contributed by atoms with Gasteiger partial charge < -0.3 is 25.1 Å². The van der Waals surface area contributed by atoms with Crippen LogP contribution in [0, 0.1) is 11.3 Å². The SMILES string of the molecule is CC(C)(C)OC(=O)N[C@H](C(=O)N1C[C@H](ON=C2c3ccccc3-c3ccccc32)C[C@H]1C(=O)N[C@@]1(C(=O)NS(=O)(=O)C2CC2)C[C@H]1C(F)F)C(C)(C)C. The van der Waals surface area contributed by atoms with Crippen LogP contribution in [-0.4, -0.2) is 90.4 Å². The van der Waals surface area contributed by atoms with Crippen molar-refractivity contribution >= 4 is 39.5 Å². The molecule has 2 aromatic rings. The number of nitrogens with zero attached hydrogens (tertiary/aromatic N) is 2. The van der Waals surface area contributed by atoms with Gasteiger partial charge in [0.2, 0.25) is 28.3 Å². The van der Waals surface area contributed by atoms with Gasteiger partial charge in [-0.15, -0.1) is 0 Å². The smallest absolute Gasteiger partial charge is 0.408 e. The molecule has 3 aliphatic carbocycles. The van der Waals surface area contributed by atoms with Gasteiger partial charge in [0.05, 0.1) is 17.7 Å². The van der Waals surface area contributed by atoms with Gasteiger partial charge in [0.1, 0.15) is 35.0 Å². The van der Waals surface area contributed by atoms with E-state index in [-0.39, 0.29) is 13.0 Å². The average Bonchev–Trinajstić information content (AvgIpc) is 3.98. The number of hydrogen-bond acceptors (Lipinski definition) is 9. The van der Waals surface area contributed by atoms with Crippen LogP contribution in [-0.2, 0) is 34.0 Å². The van der Waals surface area contributed by atoms with E-state index in [0.29, 0.717) is 18.6 Å². The number of rotatable bonds is 10. The summed E-state index contributed by atoms with van der Waals surface area (Å²) in [6, 6.07) is 12.7. The maximum absolute atomic E-state index is 14.4. The molecule has 3 fully saturated rings. The van der Waals surface area contributed by atoms with Crippen molar-refractivity contribution in [3.63, 3.8) is 0 Å². The van der Waals surface area contributed by atoms with Gasteiger partial charge in [-0.2, -0.15) is 0 Å². The van der Waals surface area contributed by atoms with Crippen LogP contribution in [0.1, 0.15) is 78.4 Å². The van der Waals surface area contributed by atoms with Crippen molar-refractivity contribution in [2.24, 2.45) is 16.5 Å². The van der Waals surface area contributed by atoms with Crippen molar-refractivity contribution in [1.29, 1.82) is 0 Å². The number of alkyl halides is 2. The second kappa shape index (κ2) is 13.7. The van der Waals surface area contributed by atoms with E-state index in [0.717, 1.165) is 22.3 Å². The molecule has 13 nitrogen and oxygen atoms in total.